The van der Waals surface area contributed by atoms with E-state index in [4.69, 9.17) is 5.73 Å². The monoisotopic (exact) mass is 556 g/mol. The Hall–Kier alpha value is -3.57. The number of amides is 3. The smallest absolute Gasteiger partial charge is 0.326 e. The Morgan fingerprint density at radius 3 is 2.31 bits per heavy atom. The third-order valence-corrected chi connectivity index (χ3v) is 7.33. The molecule has 210 valence electrons. The lowest BCUT2D eigenvalue weighted by Gasteiger charge is -2.28. The van der Waals surface area contributed by atoms with Crippen LogP contribution < -0.4 is 16.4 Å². The molecular formula is C28H36N4O6S. The van der Waals surface area contributed by atoms with Crippen molar-refractivity contribution in [2.45, 2.75) is 56.3 Å². The SMILES string of the molecule is CSCCC(NC(=O)C1CCCN1C(=O)C(N)Cc1ccccc1)C(=O)NC(Cc1ccc(O)cc1)C(=O)O. The maximum absolute atomic E-state index is 13.3. The molecular weight excluding hydrogens is 520 g/mol. The van der Waals surface area contributed by atoms with E-state index in [2.05, 4.69) is 10.6 Å². The van der Waals surface area contributed by atoms with E-state index in [0.717, 1.165) is 5.56 Å². The number of likely N-dealkylation sites (tertiary alicyclic amines) is 1. The number of nitrogens with one attached hydrogen (secondary N) is 2. The molecule has 0 aliphatic carbocycles. The number of aliphatic carboxylic acids is 1. The first-order chi connectivity index (χ1) is 18.7. The van der Waals surface area contributed by atoms with Crippen molar-refractivity contribution in [1.29, 1.82) is 0 Å². The molecule has 0 saturated carbocycles. The largest absolute Gasteiger partial charge is 0.508 e. The first-order valence-electron chi connectivity index (χ1n) is 12.9. The van der Waals surface area contributed by atoms with Gasteiger partial charge in [-0.2, -0.15) is 11.8 Å². The van der Waals surface area contributed by atoms with Gasteiger partial charge in [-0.3, -0.25) is 14.4 Å². The summed E-state index contributed by atoms with van der Waals surface area (Å²) in [6.07, 6.45) is 3.60. The van der Waals surface area contributed by atoms with Crippen LogP contribution in [0.15, 0.2) is 54.6 Å². The van der Waals surface area contributed by atoms with E-state index in [-0.39, 0.29) is 18.1 Å². The predicted octanol–water partition coefficient (Wildman–Crippen LogP) is 1.30. The number of hydrogen-bond donors (Lipinski definition) is 5. The second kappa shape index (κ2) is 14.5. The number of benzene rings is 2. The Morgan fingerprint density at radius 2 is 1.67 bits per heavy atom. The third-order valence-electron chi connectivity index (χ3n) is 6.69. The van der Waals surface area contributed by atoms with Crippen LogP contribution in [0.25, 0.3) is 0 Å². The van der Waals surface area contributed by atoms with Crippen molar-refractivity contribution in [2.24, 2.45) is 5.73 Å². The fraction of sp³-hybridized carbons (Fsp3) is 0.429. The van der Waals surface area contributed by atoms with Crippen LogP contribution in [0.4, 0.5) is 0 Å². The molecule has 4 atom stereocenters. The molecule has 3 rings (SSSR count). The Balaban J connectivity index is 1.65. The van der Waals surface area contributed by atoms with Crippen molar-refractivity contribution in [2.75, 3.05) is 18.6 Å². The normalized spacial score (nSPS) is 17.2. The second-order valence-electron chi connectivity index (χ2n) is 9.60. The minimum Gasteiger partial charge on any atom is -0.508 e. The van der Waals surface area contributed by atoms with E-state index in [0.29, 0.717) is 43.5 Å². The van der Waals surface area contributed by atoms with Gasteiger partial charge in [0.1, 0.15) is 23.9 Å². The van der Waals surface area contributed by atoms with Gasteiger partial charge in [0, 0.05) is 13.0 Å². The fourth-order valence-corrected chi connectivity index (χ4v) is 5.06. The summed E-state index contributed by atoms with van der Waals surface area (Å²) in [7, 11) is 0. The molecule has 0 radical (unpaired) electrons. The van der Waals surface area contributed by atoms with Crippen molar-refractivity contribution in [3.63, 3.8) is 0 Å². The van der Waals surface area contributed by atoms with Crippen LogP contribution in [0.5, 0.6) is 5.75 Å². The quantitative estimate of drug-likeness (QED) is 0.247. The van der Waals surface area contributed by atoms with E-state index < -0.39 is 42.0 Å². The zero-order valence-corrected chi connectivity index (χ0v) is 22.7. The van der Waals surface area contributed by atoms with Gasteiger partial charge in [0.25, 0.3) is 0 Å². The minimum atomic E-state index is -1.23. The van der Waals surface area contributed by atoms with E-state index in [1.54, 1.807) is 12.1 Å². The van der Waals surface area contributed by atoms with Crippen LogP contribution in [0.2, 0.25) is 0 Å². The van der Waals surface area contributed by atoms with Gasteiger partial charge in [-0.15, -0.1) is 0 Å². The molecule has 1 fully saturated rings. The minimum absolute atomic E-state index is 0.00869. The first-order valence-corrected chi connectivity index (χ1v) is 14.3. The highest BCUT2D eigenvalue weighted by Gasteiger charge is 2.38. The average Bonchev–Trinajstić information content (AvgIpc) is 3.42. The van der Waals surface area contributed by atoms with Crippen molar-refractivity contribution in [3.05, 3.63) is 65.7 Å². The van der Waals surface area contributed by atoms with Crippen molar-refractivity contribution in [3.8, 4) is 5.75 Å². The van der Waals surface area contributed by atoms with E-state index in [1.807, 2.05) is 36.6 Å². The Kier molecular flexibility index (Phi) is 11.2. The molecule has 2 aromatic carbocycles. The molecule has 1 saturated heterocycles. The molecule has 6 N–H and O–H groups in total. The topological polar surface area (TPSA) is 162 Å². The van der Waals surface area contributed by atoms with Crippen LogP contribution in [0, 0.1) is 0 Å². The Morgan fingerprint density at radius 1 is 1.00 bits per heavy atom. The van der Waals surface area contributed by atoms with Gasteiger partial charge in [0.05, 0.1) is 6.04 Å². The highest BCUT2D eigenvalue weighted by Crippen LogP contribution is 2.20. The number of nitrogens with two attached hydrogens (primary N) is 1. The summed E-state index contributed by atoms with van der Waals surface area (Å²) >= 11 is 1.49. The second-order valence-corrected chi connectivity index (χ2v) is 10.6. The van der Waals surface area contributed by atoms with Gasteiger partial charge >= 0.3 is 5.97 Å². The molecule has 11 heteroatoms. The highest BCUT2D eigenvalue weighted by molar-refractivity contribution is 7.98. The molecule has 1 aliphatic heterocycles. The van der Waals surface area contributed by atoms with Crippen LogP contribution in [-0.2, 0) is 32.0 Å². The Labute approximate surface area is 232 Å². The number of phenolic OH excluding ortho intramolecular Hbond substituents is 1. The molecule has 4 unspecified atom stereocenters. The number of carboxylic acids is 1. The summed E-state index contributed by atoms with van der Waals surface area (Å²) in [5.74, 6) is -1.99. The number of carbonyl (C=O) groups is 4. The van der Waals surface area contributed by atoms with Gasteiger partial charge < -0.3 is 31.5 Å². The average molecular weight is 557 g/mol. The van der Waals surface area contributed by atoms with Crippen molar-refractivity contribution in [1.82, 2.24) is 15.5 Å². The predicted molar refractivity (Wildman–Crippen MR) is 149 cm³/mol. The van der Waals surface area contributed by atoms with Crippen LogP contribution in [0.3, 0.4) is 0 Å². The molecule has 1 heterocycles. The summed E-state index contributed by atoms with van der Waals surface area (Å²) in [6, 6.07) is 11.7. The van der Waals surface area contributed by atoms with Gasteiger partial charge in [0.15, 0.2) is 0 Å². The highest BCUT2D eigenvalue weighted by atomic mass is 32.2. The summed E-state index contributed by atoms with van der Waals surface area (Å²) in [5, 5.41) is 24.5. The van der Waals surface area contributed by atoms with Crippen LogP contribution >= 0.6 is 11.8 Å². The van der Waals surface area contributed by atoms with Crippen molar-refractivity contribution >= 4 is 35.5 Å². The number of hydrogen-bond acceptors (Lipinski definition) is 7. The summed E-state index contributed by atoms with van der Waals surface area (Å²) < 4.78 is 0. The molecule has 1 aliphatic rings. The summed E-state index contributed by atoms with van der Waals surface area (Å²) in [4.78, 5) is 52.9. The van der Waals surface area contributed by atoms with Crippen LogP contribution in [0.1, 0.15) is 30.4 Å². The lowest BCUT2D eigenvalue weighted by molar-refractivity contribution is -0.143. The first kappa shape index (κ1) is 30.0. The van der Waals surface area contributed by atoms with Gasteiger partial charge in [0.2, 0.25) is 17.7 Å². The van der Waals surface area contributed by atoms with Gasteiger partial charge in [-0.1, -0.05) is 42.5 Å². The van der Waals surface area contributed by atoms with Gasteiger partial charge in [-0.25, -0.2) is 4.79 Å². The third kappa shape index (κ3) is 8.72. The maximum atomic E-state index is 13.3. The fourth-order valence-electron chi connectivity index (χ4n) is 4.58. The summed E-state index contributed by atoms with van der Waals surface area (Å²) in [5.41, 5.74) is 7.75. The Bertz CT molecular complexity index is 1130. The number of rotatable bonds is 13. The molecule has 10 nitrogen and oxygen atoms in total. The molecule has 0 aromatic heterocycles. The molecule has 2 aromatic rings. The lowest BCUT2D eigenvalue weighted by atomic mass is 10.0. The number of aromatic hydroxyl groups is 1. The van der Waals surface area contributed by atoms with Crippen molar-refractivity contribution < 1.29 is 29.4 Å². The molecule has 0 bridgehead atoms. The summed E-state index contributed by atoms with van der Waals surface area (Å²) in [6.45, 7) is 0.398. The molecule has 3 amide bonds. The zero-order chi connectivity index (χ0) is 28.4. The standard InChI is InChI=1S/C28H36N4O6S/c1-39-15-13-22(25(34)31-23(28(37)38)17-19-9-11-20(33)12-10-19)30-26(35)24-8-5-14-32(24)27(36)21(29)16-18-6-3-2-4-7-18/h2-4,6-7,9-12,21-24,33H,5,8,13-17,29H2,1H3,(H,30,35)(H,31,34)(H,37,38). The number of carbonyl (C=O) groups excluding carboxylic acids is 3. The van der Waals surface area contributed by atoms with E-state index >= 15 is 0 Å². The van der Waals surface area contributed by atoms with Gasteiger partial charge in [-0.05, 0) is 61.0 Å². The number of nitrogens with zero attached hydrogens (tertiary/aromatic N) is 1. The van der Waals surface area contributed by atoms with Crippen LogP contribution in [-0.4, -0.2) is 81.5 Å². The maximum Gasteiger partial charge on any atom is 0.326 e. The lowest BCUT2D eigenvalue weighted by Crippen LogP contribution is -2.57. The zero-order valence-electron chi connectivity index (χ0n) is 21.9. The number of thioether (sulfide) groups is 1. The van der Waals surface area contributed by atoms with E-state index in [1.165, 1.54) is 28.8 Å². The molecule has 0 spiro atoms. The number of phenols is 1. The molecule has 39 heavy (non-hydrogen) atoms. The van der Waals surface area contributed by atoms with E-state index in [9.17, 15) is 29.4 Å². The number of carboxylic acid groups (broad SMARTS) is 1.